The second kappa shape index (κ2) is 8.78. The molecule has 0 saturated heterocycles. The van der Waals surface area contributed by atoms with Crippen molar-refractivity contribution < 1.29 is 25.3 Å². The van der Waals surface area contributed by atoms with Crippen molar-refractivity contribution in [2.45, 2.75) is 11.8 Å². The number of halogens is 1. The van der Waals surface area contributed by atoms with E-state index in [1.807, 2.05) is 12.1 Å². The lowest BCUT2D eigenvalue weighted by molar-refractivity contribution is -0.410. The van der Waals surface area contributed by atoms with Crippen LogP contribution in [0.25, 0.3) is 0 Å². The molecule has 2 rings (SSSR count). The van der Waals surface area contributed by atoms with E-state index in [9.17, 15) is 16.8 Å². The van der Waals surface area contributed by atoms with E-state index in [2.05, 4.69) is 0 Å². The lowest BCUT2D eigenvalue weighted by Gasteiger charge is -1.97. The van der Waals surface area contributed by atoms with Crippen LogP contribution in [0.2, 0.25) is 5.02 Å². The van der Waals surface area contributed by atoms with E-state index in [4.69, 9.17) is 21.9 Å². The van der Waals surface area contributed by atoms with Gasteiger partial charge < -0.3 is 5.73 Å². The summed E-state index contributed by atoms with van der Waals surface area (Å²) in [5.41, 5.74) is 6.21. The Morgan fingerprint density at radius 1 is 1.17 bits per heavy atom. The average Bonchev–Trinajstić information content (AvgIpc) is 2.51. The molecule has 0 bridgehead atoms. The molecule has 24 heavy (non-hydrogen) atoms. The molecule has 0 aliphatic carbocycles. The zero-order chi connectivity index (χ0) is 18.3. The molecular formula is C14H16ClN2O5S2+. The molecular weight excluding hydrogens is 376 g/mol. The first-order valence-corrected chi connectivity index (χ1v) is 9.46. The third-order valence-electron chi connectivity index (χ3n) is 2.78. The number of nitrogens with two attached hydrogens (primary N) is 1. The molecule has 0 atom stereocenters. The van der Waals surface area contributed by atoms with Gasteiger partial charge in [-0.2, -0.15) is 8.42 Å². The van der Waals surface area contributed by atoms with Crippen LogP contribution in [-0.4, -0.2) is 31.9 Å². The topological polar surface area (TPSA) is 118 Å². The maximum absolute atomic E-state index is 10.8. The number of nitrogen functional groups attached to an aromatic ring is 1. The van der Waals surface area contributed by atoms with Crippen LogP contribution < -0.4 is 5.73 Å². The van der Waals surface area contributed by atoms with Gasteiger partial charge in [-0.15, -0.1) is 8.42 Å². The maximum Gasteiger partial charge on any atom is 0.465 e. The van der Waals surface area contributed by atoms with Crippen LogP contribution in [0.1, 0.15) is 6.92 Å². The van der Waals surface area contributed by atoms with Crippen molar-refractivity contribution in [3.8, 4) is 0 Å². The van der Waals surface area contributed by atoms with Crippen LogP contribution in [0, 0.1) is 0 Å². The molecule has 0 saturated carbocycles. The predicted octanol–water partition coefficient (Wildman–Crippen LogP) is 2.58. The van der Waals surface area contributed by atoms with Crippen molar-refractivity contribution in [2.24, 2.45) is 0 Å². The van der Waals surface area contributed by atoms with Gasteiger partial charge in [0.25, 0.3) is 10.1 Å². The van der Waals surface area contributed by atoms with Gasteiger partial charge in [-0.3, -0.25) is 4.55 Å². The van der Waals surface area contributed by atoms with Crippen LogP contribution in [0.5, 0.6) is 0 Å². The number of para-hydroxylation sites is 1. The van der Waals surface area contributed by atoms with Crippen molar-refractivity contribution in [1.82, 2.24) is 0 Å². The van der Waals surface area contributed by atoms with E-state index >= 15 is 0 Å². The summed E-state index contributed by atoms with van der Waals surface area (Å²) < 4.78 is 53.1. The van der Waals surface area contributed by atoms with Crippen LogP contribution in [0.15, 0.2) is 53.4 Å². The summed E-state index contributed by atoms with van der Waals surface area (Å²) in [6.45, 7) is 1.78. The minimum atomic E-state index is -4.32. The zero-order valence-electron chi connectivity index (χ0n) is 12.6. The number of nitrogens with zero attached hydrogens (tertiary/aromatic N) is 1. The molecule has 0 unspecified atom stereocenters. The first kappa shape index (κ1) is 20.1. The zero-order valence-corrected chi connectivity index (χ0v) is 15.0. The number of rotatable bonds is 3. The summed E-state index contributed by atoms with van der Waals surface area (Å²) in [6, 6.07) is 12.3. The van der Waals surface area contributed by atoms with E-state index in [1.165, 1.54) is 18.2 Å². The smallest absolute Gasteiger partial charge is 0.398 e. The fourth-order valence-electron chi connectivity index (χ4n) is 1.65. The number of anilines is 1. The van der Waals surface area contributed by atoms with Crippen LogP contribution >= 0.6 is 11.6 Å². The predicted molar refractivity (Wildman–Crippen MR) is 91.5 cm³/mol. The molecule has 2 aromatic rings. The molecule has 2 aromatic carbocycles. The van der Waals surface area contributed by atoms with Gasteiger partial charge >= 0.3 is 10.5 Å². The standard InChI is InChI=1S/C8H9NO5S2.C6H6ClN/c1-2-9(15(10)11)7-4-3-5-8(6-7)16(12,13)14;7-5-3-1-2-4-6(5)8/h3-6H,2H2,1H3;1-4H,8H2/p+1. The molecule has 7 nitrogen and oxygen atoms in total. The van der Waals surface area contributed by atoms with Gasteiger partial charge in [-0.25, -0.2) is 0 Å². The monoisotopic (exact) mass is 391 g/mol. The Hall–Kier alpha value is -1.94. The molecule has 0 aliphatic rings. The van der Waals surface area contributed by atoms with Crippen molar-refractivity contribution >= 4 is 43.6 Å². The van der Waals surface area contributed by atoms with Gasteiger partial charge in [0, 0.05) is 12.1 Å². The highest BCUT2D eigenvalue weighted by molar-refractivity contribution is 7.85. The fourth-order valence-corrected chi connectivity index (χ4v) is 2.80. The normalized spacial score (nSPS) is 10.5. The molecule has 0 fully saturated rings. The van der Waals surface area contributed by atoms with Crippen molar-refractivity contribution in [3.05, 3.63) is 53.6 Å². The van der Waals surface area contributed by atoms with E-state index in [-0.39, 0.29) is 17.1 Å². The molecule has 0 heterocycles. The van der Waals surface area contributed by atoms with Crippen molar-refractivity contribution in [1.29, 1.82) is 0 Å². The van der Waals surface area contributed by atoms with Crippen LogP contribution in [0.4, 0.5) is 11.4 Å². The molecule has 0 radical (unpaired) electrons. The van der Waals surface area contributed by atoms with Gasteiger partial charge in [0.1, 0.15) is 4.90 Å². The third-order valence-corrected chi connectivity index (χ3v) is 4.80. The minimum absolute atomic E-state index is 0.172. The second-order valence-corrected chi connectivity index (χ2v) is 7.11. The number of hydrogen-bond donors (Lipinski definition) is 2. The van der Waals surface area contributed by atoms with Crippen molar-refractivity contribution in [2.75, 3.05) is 12.3 Å². The molecule has 10 heteroatoms. The Bertz CT molecular complexity index is 928. The minimum Gasteiger partial charge on any atom is -0.398 e. The Morgan fingerprint density at radius 2 is 1.79 bits per heavy atom. The highest BCUT2D eigenvalue weighted by Crippen LogP contribution is 2.17. The largest absolute Gasteiger partial charge is 0.465 e. The first-order valence-electron chi connectivity index (χ1n) is 6.61. The Labute approximate surface area is 146 Å². The molecule has 0 spiro atoms. The second-order valence-electron chi connectivity index (χ2n) is 4.41. The SMILES string of the molecule is CC[N+](c1cccc(S(=O)(=O)O)c1)=S(=O)=O.Nc1ccccc1Cl. The Morgan fingerprint density at radius 3 is 2.21 bits per heavy atom. The summed E-state index contributed by atoms with van der Waals surface area (Å²) in [5.74, 6) is 0. The Kier molecular flexibility index (Phi) is 7.36. The van der Waals surface area contributed by atoms with Crippen LogP contribution in [0.3, 0.4) is 0 Å². The molecule has 0 amide bonds. The van der Waals surface area contributed by atoms with Gasteiger partial charge in [-0.05, 0) is 25.1 Å². The van der Waals surface area contributed by atoms with Gasteiger partial charge in [-0.1, -0.05) is 33.7 Å². The highest BCUT2D eigenvalue weighted by atomic mass is 35.5. The van der Waals surface area contributed by atoms with Gasteiger partial charge in [0.15, 0.2) is 6.54 Å². The summed E-state index contributed by atoms with van der Waals surface area (Å²) in [5, 5.41) is 0.618. The van der Waals surface area contributed by atoms with Crippen molar-refractivity contribution in [3.63, 3.8) is 0 Å². The lowest BCUT2D eigenvalue weighted by Crippen LogP contribution is -2.04. The summed E-state index contributed by atoms with van der Waals surface area (Å²) in [4.78, 5) is -0.339. The molecule has 130 valence electrons. The summed E-state index contributed by atoms with van der Waals surface area (Å²) in [6.07, 6.45) is 0. The van der Waals surface area contributed by atoms with Gasteiger partial charge in [0.05, 0.1) is 10.7 Å². The summed E-state index contributed by atoms with van der Waals surface area (Å²) >= 11 is 5.58. The highest BCUT2D eigenvalue weighted by Gasteiger charge is 2.16. The van der Waals surface area contributed by atoms with Gasteiger partial charge in [0.2, 0.25) is 5.69 Å². The van der Waals surface area contributed by atoms with E-state index in [1.54, 1.807) is 19.1 Å². The quantitative estimate of drug-likeness (QED) is 0.471. The third kappa shape index (κ3) is 5.93. The average molecular weight is 392 g/mol. The molecule has 0 aliphatic heterocycles. The van der Waals surface area contributed by atoms with E-state index < -0.39 is 20.6 Å². The fraction of sp³-hybridized carbons (Fsp3) is 0.143. The number of benzene rings is 2. The number of hydrogen-bond acceptors (Lipinski definition) is 5. The Balaban J connectivity index is 0.000000300. The molecule has 0 aromatic heterocycles. The maximum atomic E-state index is 10.8. The van der Waals surface area contributed by atoms with E-state index in [0.717, 1.165) is 10.0 Å². The lowest BCUT2D eigenvalue weighted by atomic mass is 10.3. The van der Waals surface area contributed by atoms with Crippen LogP contribution in [-0.2, 0) is 20.6 Å². The first-order chi connectivity index (χ1) is 11.2. The van der Waals surface area contributed by atoms with E-state index in [0.29, 0.717) is 10.7 Å². The summed E-state index contributed by atoms with van der Waals surface area (Å²) in [7, 11) is -6.80. The molecule has 3 N–H and O–H groups in total.